The van der Waals surface area contributed by atoms with Gasteiger partial charge in [0.1, 0.15) is 17.2 Å². The Morgan fingerprint density at radius 1 is 0.875 bits per heavy atom. The minimum atomic E-state index is -4.07. The van der Waals surface area contributed by atoms with Crippen LogP contribution in [0.4, 0.5) is 5.69 Å². The molecule has 0 aromatic heterocycles. The van der Waals surface area contributed by atoms with Crippen molar-refractivity contribution in [3.05, 3.63) is 78.4 Å². The van der Waals surface area contributed by atoms with E-state index >= 15 is 0 Å². The van der Waals surface area contributed by atoms with Gasteiger partial charge in [0, 0.05) is 7.11 Å². The summed E-state index contributed by atoms with van der Waals surface area (Å²) in [7, 11) is -1.05. The Morgan fingerprint density at radius 3 is 2.00 bits per heavy atom. The number of nitrogens with zero attached hydrogens (tertiary/aromatic N) is 2. The lowest BCUT2D eigenvalue weighted by molar-refractivity contribution is 0.0496. The largest absolute Gasteiger partial charge is 0.583 e. The molecule has 0 heterocycles. The van der Waals surface area contributed by atoms with Crippen LogP contribution in [-0.2, 0) is 9.30 Å². The molecule has 0 radical (unpaired) electrons. The predicted molar refractivity (Wildman–Crippen MR) is 120 cm³/mol. The van der Waals surface area contributed by atoms with E-state index in [2.05, 4.69) is 15.5 Å². The predicted octanol–water partition coefficient (Wildman–Crippen LogP) is 6.03. The SMILES string of the molecule is COCOc1c(OC)ccc(C)c1N/N=N/P(=O)(Oc1ccccc1)Oc1ccccc1. The van der Waals surface area contributed by atoms with Crippen LogP contribution in [0.15, 0.2) is 82.9 Å². The first-order chi connectivity index (χ1) is 15.5. The average Bonchev–Trinajstić information content (AvgIpc) is 2.80. The highest BCUT2D eigenvalue weighted by molar-refractivity contribution is 7.53. The van der Waals surface area contributed by atoms with E-state index in [9.17, 15) is 4.57 Å². The number of ether oxygens (including phenoxy) is 3. The highest BCUT2D eigenvalue weighted by atomic mass is 31.2. The van der Waals surface area contributed by atoms with Crippen molar-refractivity contribution in [2.75, 3.05) is 26.4 Å². The van der Waals surface area contributed by atoms with Gasteiger partial charge in [-0.15, -0.1) is 0 Å². The topological polar surface area (TPSA) is 100.0 Å². The zero-order valence-electron chi connectivity index (χ0n) is 17.9. The number of anilines is 1. The number of nitrogens with one attached hydrogen (secondary N) is 1. The van der Waals surface area contributed by atoms with Crippen molar-refractivity contribution in [1.82, 2.24) is 0 Å². The minimum Gasteiger partial charge on any atom is -0.493 e. The van der Waals surface area contributed by atoms with Crippen LogP contribution < -0.4 is 23.9 Å². The molecule has 0 atom stereocenters. The monoisotopic (exact) mass is 457 g/mol. The Bertz CT molecular complexity index is 1030. The van der Waals surface area contributed by atoms with E-state index in [0.717, 1.165) is 5.56 Å². The quantitative estimate of drug-likeness (QED) is 0.162. The van der Waals surface area contributed by atoms with Gasteiger partial charge in [-0.2, -0.15) is 0 Å². The third kappa shape index (κ3) is 6.23. The number of methoxy groups -OCH3 is 2. The smallest absolute Gasteiger partial charge is 0.493 e. The standard InChI is InChI=1S/C22H24N3O6P/c1-17-14-15-20(28-3)22(29-16-27-2)21(17)23-24-25-32(26,30-18-10-6-4-7-11-18)31-19-12-8-5-9-13-19/h4-15H,16H2,1-3H3,(H,23,25,26). The van der Waals surface area contributed by atoms with Crippen LogP contribution in [0.3, 0.4) is 0 Å². The fourth-order valence-corrected chi connectivity index (χ4v) is 3.68. The Balaban J connectivity index is 1.88. The van der Waals surface area contributed by atoms with Gasteiger partial charge in [0.2, 0.25) is 0 Å². The Morgan fingerprint density at radius 2 is 1.47 bits per heavy atom. The molecule has 3 rings (SSSR count). The number of aryl methyl sites for hydroxylation is 1. The molecule has 0 saturated heterocycles. The lowest BCUT2D eigenvalue weighted by Gasteiger charge is -2.17. The van der Waals surface area contributed by atoms with Gasteiger partial charge < -0.3 is 23.3 Å². The highest BCUT2D eigenvalue weighted by Gasteiger charge is 2.29. The van der Waals surface area contributed by atoms with E-state index in [-0.39, 0.29) is 6.79 Å². The molecule has 0 aliphatic carbocycles. The third-order valence-corrected chi connectivity index (χ3v) is 5.31. The van der Waals surface area contributed by atoms with Crippen molar-refractivity contribution >= 4 is 13.4 Å². The van der Waals surface area contributed by atoms with Gasteiger partial charge in [-0.3, -0.25) is 5.43 Å². The summed E-state index contributed by atoms with van der Waals surface area (Å²) in [4.78, 5) is 3.86. The van der Waals surface area contributed by atoms with E-state index in [1.54, 1.807) is 54.6 Å². The Hall–Kier alpha value is -3.55. The van der Waals surface area contributed by atoms with Crippen molar-refractivity contribution in [3.63, 3.8) is 0 Å². The molecule has 0 spiro atoms. The van der Waals surface area contributed by atoms with Crippen molar-refractivity contribution in [3.8, 4) is 23.0 Å². The van der Waals surface area contributed by atoms with E-state index in [1.165, 1.54) is 14.2 Å². The molecule has 1 N–H and O–H groups in total. The van der Waals surface area contributed by atoms with Gasteiger partial charge in [-0.25, -0.2) is 4.57 Å². The van der Waals surface area contributed by atoms with E-state index in [0.29, 0.717) is 28.7 Å². The zero-order valence-corrected chi connectivity index (χ0v) is 18.8. The van der Waals surface area contributed by atoms with Crippen LogP contribution in [0.25, 0.3) is 0 Å². The summed E-state index contributed by atoms with van der Waals surface area (Å²) >= 11 is 0. The molecule has 3 aromatic carbocycles. The second-order valence-electron chi connectivity index (χ2n) is 6.42. The minimum absolute atomic E-state index is 0.00162. The van der Waals surface area contributed by atoms with Crippen LogP contribution >= 0.6 is 7.75 Å². The van der Waals surface area contributed by atoms with Crippen LogP contribution in [0, 0.1) is 6.92 Å². The summed E-state index contributed by atoms with van der Waals surface area (Å²) in [5.74, 6) is 1.49. The molecule has 0 aliphatic rings. The second-order valence-corrected chi connectivity index (χ2v) is 7.90. The normalized spacial score (nSPS) is 11.2. The van der Waals surface area contributed by atoms with Crippen molar-refractivity contribution < 1.29 is 27.8 Å². The first kappa shape index (κ1) is 23.1. The van der Waals surface area contributed by atoms with E-state index in [4.69, 9.17) is 23.3 Å². The molecule has 0 saturated carbocycles. The van der Waals surface area contributed by atoms with Crippen LogP contribution in [0.2, 0.25) is 0 Å². The number of benzene rings is 3. The number of rotatable bonds is 11. The molecule has 32 heavy (non-hydrogen) atoms. The fourth-order valence-electron chi connectivity index (χ4n) is 2.63. The van der Waals surface area contributed by atoms with Gasteiger partial charge >= 0.3 is 7.75 Å². The molecule has 10 heteroatoms. The van der Waals surface area contributed by atoms with E-state index < -0.39 is 7.75 Å². The summed E-state index contributed by atoms with van der Waals surface area (Å²) < 4.78 is 40.5. The summed E-state index contributed by atoms with van der Waals surface area (Å²) in [6.45, 7) is 1.84. The molecule has 9 nitrogen and oxygen atoms in total. The molecular weight excluding hydrogens is 433 g/mol. The summed E-state index contributed by atoms with van der Waals surface area (Å²) in [6.07, 6.45) is 0. The van der Waals surface area contributed by atoms with Crippen molar-refractivity contribution in [1.29, 1.82) is 0 Å². The van der Waals surface area contributed by atoms with Crippen molar-refractivity contribution in [2.45, 2.75) is 6.92 Å². The molecular formula is C22H24N3O6P. The first-order valence-electron chi connectivity index (χ1n) is 9.61. The number of para-hydroxylation sites is 2. The van der Waals surface area contributed by atoms with Crippen LogP contribution in [0.1, 0.15) is 5.56 Å². The molecule has 3 aromatic rings. The van der Waals surface area contributed by atoms with Gasteiger partial charge in [-0.1, -0.05) is 47.7 Å². The van der Waals surface area contributed by atoms with Crippen LogP contribution in [-0.4, -0.2) is 21.0 Å². The van der Waals surface area contributed by atoms with Gasteiger partial charge in [0.25, 0.3) is 0 Å². The molecule has 0 fully saturated rings. The number of hydrogen-bond donors (Lipinski definition) is 1. The maximum Gasteiger partial charge on any atom is 0.583 e. The summed E-state index contributed by atoms with van der Waals surface area (Å²) in [6, 6.07) is 20.8. The van der Waals surface area contributed by atoms with Gasteiger partial charge in [0.15, 0.2) is 18.3 Å². The molecule has 168 valence electrons. The molecule has 0 bridgehead atoms. The lowest BCUT2D eigenvalue weighted by Crippen LogP contribution is -2.05. The van der Waals surface area contributed by atoms with Crippen LogP contribution in [0.5, 0.6) is 23.0 Å². The first-order valence-corrected chi connectivity index (χ1v) is 11.1. The zero-order chi connectivity index (χ0) is 22.8. The van der Waals surface area contributed by atoms with E-state index in [1.807, 2.05) is 25.1 Å². The molecule has 0 unspecified atom stereocenters. The second kappa shape index (κ2) is 11.2. The van der Waals surface area contributed by atoms with Gasteiger partial charge in [0.05, 0.1) is 7.11 Å². The molecule has 0 aliphatic heterocycles. The number of hydrogen-bond acceptors (Lipinski definition) is 7. The highest BCUT2D eigenvalue weighted by Crippen LogP contribution is 2.50. The Labute approximate surface area is 186 Å². The maximum absolute atomic E-state index is 13.4. The summed E-state index contributed by atoms with van der Waals surface area (Å²) in [5.41, 5.74) is 4.02. The third-order valence-electron chi connectivity index (χ3n) is 4.11. The summed E-state index contributed by atoms with van der Waals surface area (Å²) in [5, 5.41) is 3.90. The molecule has 0 amide bonds. The fraction of sp³-hybridized carbons (Fsp3) is 0.182. The lowest BCUT2D eigenvalue weighted by atomic mass is 10.2. The van der Waals surface area contributed by atoms with Crippen molar-refractivity contribution in [2.24, 2.45) is 10.1 Å². The average molecular weight is 457 g/mol. The Kier molecular flexibility index (Phi) is 8.08. The van der Waals surface area contributed by atoms with Gasteiger partial charge in [-0.05, 0) is 47.7 Å². The maximum atomic E-state index is 13.4.